The summed E-state index contributed by atoms with van der Waals surface area (Å²) in [7, 11) is -2.11. The molecule has 0 aromatic heterocycles. The van der Waals surface area contributed by atoms with Crippen LogP contribution in [-0.2, 0) is 10.0 Å². The van der Waals surface area contributed by atoms with Crippen LogP contribution in [0.5, 0.6) is 5.75 Å². The molecule has 0 bridgehead atoms. The van der Waals surface area contributed by atoms with E-state index < -0.39 is 10.0 Å². The highest BCUT2D eigenvalue weighted by atomic mass is 32.2. The van der Waals surface area contributed by atoms with Crippen LogP contribution in [0.4, 0.5) is 0 Å². The second-order valence-electron chi connectivity index (χ2n) is 7.44. The van der Waals surface area contributed by atoms with E-state index in [4.69, 9.17) is 4.74 Å². The SMILES string of the molecule is COc1ccc(S(=O)(=O)N2CCCCC2)cc1C(=O)NCCC1=CCCCC1. The number of methoxy groups -OCH3 is 1. The van der Waals surface area contributed by atoms with Crippen LogP contribution < -0.4 is 10.1 Å². The molecule has 0 radical (unpaired) electrons. The van der Waals surface area contributed by atoms with Crippen molar-refractivity contribution in [3.05, 3.63) is 35.4 Å². The maximum atomic E-state index is 12.9. The molecule has 6 nitrogen and oxygen atoms in total. The molecule has 1 fully saturated rings. The van der Waals surface area contributed by atoms with Crippen molar-refractivity contribution in [1.82, 2.24) is 9.62 Å². The number of ether oxygens (including phenoxy) is 1. The van der Waals surface area contributed by atoms with Gasteiger partial charge in [0.1, 0.15) is 5.75 Å². The lowest BCUT2D eigenvalue weighted by atomic mass is 9.97. The number of nitrogens with zero attached hydrogens (tertiary/aromatic N) is 1. The van der Waals surface area contributed by atoms with Crippen molar-refractivity contribution in [3.63, 3.8) is 0 Å². The standard InChI is InChI=1S/C21H30N2O4S/c1-27-20-11-10-18(28(25,26)23-14-6-3-7-15-23)16-19(20)21(24)22-13-12-17-8-4-2-5-9-17/h8,10-11,16H,2-7,9,12-15H2,1H3,(H,22,24). The minimum atomic E-state index is -3.59. The van der Waals surface area contributed by atoms with Gasteiger partial charge in [-0.1, -0.05) is 18.1 Å². The van der Waals surface area contributed by atoms with Crippen LogP contribution in [0.25, 0.3) is 0 Å². The number of piperidine rings is 1. The van der Waals surface area contributed by atoms with Gasteiger partial charge < -0.3 is 10.1 Å². The third-order valence-electron chi connectivity index (χ3n) is 5.49. The second kappa shape index (κ2) is 9.56. The molecule has 1 heterocycles. The molecule has 0 atom stereocenters. The Labute approximate surface area is 168 Å². The normalized spacial score (nSPS) is 18.4. The summed E-state index contributed by atoms with van der Waals surface area (Å²) in [6, 6.07) is 4.53. The van der Waals surface area contributed by atoms with E-state index in [0.29, 0.717) is 25.4 Å². The number of nitrogens with one attached hydrogen (secondary N) is 1. The van der Waals surface area contributed by atoms with Gasteiger partial charge in [-0.3, -0.25) is 4.79 Å². The second-order valence-corrected chi connectivity index (χ2v) is 9.38. The highest BCUT2D eigenvalue weighted by Gasteiger charge is 2.27. The summed E-state index contributed by atoms with van der Waals surface area (Å²) in [6.07, 6.45) is 10.6. The van der Waals surface area contributed by atoms with E-state index in [9.17, 15) is 13.2 Å². The summed E-state index contributed by atoms with van der Waals surface area (Å²) >= 11 is 0. The smallest absolute Gasteiger partial charge is 0.255 e. The first kappa shape index (κ1) is 20.9. The van der Waals surface area contributed by atoms with Crippen LogP contribution in [0.15, 0.2) is 34.7 Å². The summed E-state index contributed by atoms with van der Waals surface area (Å²) in [6.45, 7) is 1.60. The van der Waals surface area contributed by atoms with Crippen LogP contribution in [0, 0.1) is 0 Å². The number of hydrogen-bond donors (Lipinski definition) is 1. The van der Waals surface area contributed by atoms with Gasteiger partial charge in [-0.15, -0.1) is 0 Å². The lowest BCUT2D eigenvalue weighted by molar-refractivity contribution is 0.0950. The summed E-state index contributed by atoms with van der Waals surface area (Å²) in [5, 5.41) is 2.91. The highest BCUT2D eigenvalue weighted by Crippen LogP contribution is 2.26. The first-order valence-corrected chi connectivity index (χ1v) is 11.6. The van der Waals surface area contributed by atoms with Gasteiger partial charge in [-0.25, -0.2) is 8.42 Å². The monoisotopic (exact) mass is 406 g/mol. The zero-order chi connectivity index (χ0) is 20.0. The summed E-state index contributed by atoms with van der Waals surface area (Å²) in [5.41, 5.74) is 1.65. The molecule has 7 heteroatoms. The van der Waals surface area contributed by atoms with E-state index in [2.05, 4.69) is 11.4 Å². The van der Waals surface area contributed by atoms with E-state index in [1.165, 1.54) is 42.0 Å². The quantitative estimate of drug-likeness (QED) is 0.704. The maximum Gasteiger partial charge on any atom is 0.255 e. The lowest BCUT2D eigenvalue weighted by Gasteiger charge is -2.26. The number of rotatable bonds is 7. The fourth-order valence-electron chi connectivity index (χ4n) is 3.84. The Morgan fingerprint density at radius 1 is 1.14 bits per heavy atom. The molecule has 1 aliphatic carbocycles. The zero-order valence-electron chi connectivity index (χ0n) is 16.6. The van der Waals surface area contributed by atoms with Crippen molar-refractivity contribution in [2.75, 3.05) is 26.7 Å². The molecule has 1 N–H and O–H groups in total. The molecule has 1 saturated heterocycles. The van der Waals surface area contributed by atoms with E-state index in [0.717, 1.165) is 38.5 Å². The maximum absolute atomic E-state index is 12.9. The van der Waals surface area contributed by atoms with Gasteiger partial charge >= 0.3 is 0 Å². The Balaban J connectivity index is 1.72. The minimum Gasteiger partial charge on any atom is -0.496 e. The van der Waals surface area contributed by atoms with Crippen LogP contribution in [-0.4, -0.2) is 45.4 Å². The van der Waals surface area contributed by atoms with Gasteiger partial charge in [0.25, 0.3) is 5.91 Å². The van der Waals surface area contributed by atoms with Gasteiger partial charge in [-0.2, -0.15) is 4.31 Å². The molecule has 1 aromatic carbocycles. The van der Waals surface area contributed by atoms with Crippen molar-refractivity contribution >= 4 is 15.9 Å². The first-order chi connectivity index (χ1) is 13.5. The summed E-state index contributed by atoms with van der Waals surface area (Å²) < 4.78 is 32.7. The molecule has 0 saturated carbocycles. The average Bonchev–Trinajstić information content (AvgIpc) is 2.74. The largest absolute Gasteiger partial charge is 0.496 e. The van der Waals surface area contributed by atoms with Gasteiger partial charge in [-0.05, 0) is 63.1 Å². The van der Waals surface area contributed by atoms with Gasteiger partial charge in [0, 0.05) is 19.6 Å². The molecule has 154 valence electrons. The van der Waals surface area contributed by atoms with Crippen molar-refractivity contribution in [2.45, 2.75) is 56.3 Å². The Morgan fingerprint density at radius 3 is 2.61 bits per heavy atom. The number of carbonyl (C=O) groups excluding carboxylic acids is 1. The topological polar surface area (TPSA) is 75.7 Å². The number of amides is 1. The molecule has 2 aliphatic rings. The minimum absolute atomic E-state index is 0.148. The number of sulfonamides is 1. The molecule has 0 unspecified atom stereocenters. The van der Waals surface area contributed by atoms with Crippen molar-refractivity contribution < 1.29 is 17.9 Å². The highest BCUT2D eigenvalue weighted by molar-refractivity contribution is 7.89. The fourth-order valence-corrected chi connectivity index (χ4v) is 5.39. The number of allylic oxidation sites excluding steroid dienone is 1. The van der Waals surface area contributed by atoms with E-state index in [1.54, 1.807) is 6.07 Å². The molecule has 0 spiro atoms. The molecule has 1 aliphatic heterocycles. The van der Waals surface area contributed by atoms with Gasteiger partial charge in [0.05, 0.1) is 17.6 Å². The Kier molecular flexibility index (Phi) is 7.13. The van der Waals surface area contributed by atoms with E-state index in [1.807, 2.05) is 0 Å². The van der Waals surface area contributed by atoms with Crippen molar-refractivity contribution in [1.29, 1.82) is 0 Å². The molecule has 1 amide bonds. The number of benzene rings is 1. The first-order valence-electron chi connectivity index (χ1n) is 10.2. The average molecular weight is 407 g/mol. The summed E-state index contributed by atoms with van der Waals surface area (Å²) in [4.78, 5) is 12.9. The Bertz CT molecular complexity index is 827. The Hall–Kier alpha value is -1.86. The van der Waals surface area contributed by atoms with Crippen molar-refractivity contribution in [3.8, 4) is 5.75 Å². The third kappa shape index (κ3) is 4.94. The fraction of sp³-hybridized carbons (Fsp3) is 0.571. The molecule has 28 heavy (non-hydrogen) atoms. The van der Waals surface area contributed by atoms with Gasteiger partial charge in [0.15, 0.2) is 0 Å². The zero-order valence-corrected chi connectivity index (χ0v) is 17.4. The Morgan fingerprint density at radius 2 is 1.93 bits per heavy atom. The lowest BCUT2D eigenvalue weighted by Crippen LogP contribution is -2.35. The predicted octanol–water partition coefficient (Wildman–Crippen LogP) is 3.49. The molecular formula is C21H30N2O4S. The molecule has 1 aromatic rings. The summed E-state index contributed by atoms with van der Waals surface area (Å²) in [5.74, 6) is 0.0796. The van der Waals surface area contributed by atoms with E-state index in [-0.39, 0.29) is 16.4 Å². The molecule has 3 rings (SSSR count). The third-order valence-corrected chi connectivity index (χ3v) is 7.38. The van der Waals surface area contributed by atoms with Gasteiger partial charge in [0.2, 0.25) is 10.0 Å². The van der Waals surface area contributed by atoms with Crippen molar-refractivity contribution in [2.24, 2.45) is 0 Å². The number of carbonyl (C=O) groups is 1. The van der Waals surface area contributed by atoms with Crippen LogP contribution in [0.1, 0.15) is 61.7 Å². The molecular weight excluding hydrogens is 376 g/mol. The predicted molar refractivity (Wildman–Crippen MR) is 109 cm³/mol. The van der Waals surface area contributed by atoms with E-state index >= 15 is 0 Å². The van der Waals surface area contributed by atoms with Crippen LogP contribution >= 0.6 is 0 Å². The number of hydrogen-bond acceptors (Lipinski definition) is 4. The van der Waals surface area contributed by atoms with Crippen LogP contribution in [0.3, 0.4) is 0 Å². The van der Waals surface area contributed by atoms with Crippen LogP contribution in [0.2, 0.25) is 0 Å².